The van der Waals surface area contributed by atoms with E-state index in [2.05, 4.69) is 15.0 Å². The van der Waals surface area contributed by atoms with Gasteiger partial charge in [-0.1, -0.05) is 29.8 Å². The zero-order valence-corrected chi connectivity index (χ0v) is 15.5. The molecular formula is C18H17ClF3N3O3. The summed E-state index contributed by atoms with van der Waals surface area (Å²) in [6.45, 7) is 0.637. The molecule has 1 amide bonds. The molecule has 1 aromatic heterocycles. The van der Waals surface area contributed by atoms with Crippen molar-refractivity contribution < 1.29 is 27.5 Å². The fourth-order valence-electron chi connectivity index (χ4n) is 2.31. The van der Waals surface area contributed by atoms with Crippen LogP contribution in [-0.4, -0.2) is 35.3 Å². The molecule has 1 heterocycles. The summed E-state index contributed by atoms with van der Waals surface area (Å²) < 4.78 is 46.6. The largest absolute Gasteiger partial charge is 0.463 e. The quantitative estimate of drug-likeness (QED) is 0.536. The average molecular weight is 416 g/mol. The van der Waals surface area contributed by atoms with Gasteiger partial charge in [0, 0.05) is 18.9 Å². The number of esters is 1. The fourth-order valence-corrected chi connectivity index (χ4v) is 2.54. The Kier molecular flexibility index (Phi) is 6.98. The van der Waals surface area contributed by atoms with Gasteiger partial charge in [0.15, 0.2) is 0 Å². The maximum atomic E-state index is 14.0. The van der Waals surface area contributed by atoms with E-state index in [0.29, 0.717) is 5.56 Å². The maximum absolute atomic E-state index is 14.0. The molecule has 28 heavy (non-hydrogen) atoms. The molecule has 1 aromatic carbocycles. The lowest BCUT2D eigenvalue weighted by Crippen LogP contribution is -2.72. The third-order valence-corrected chi connectivity index (χ3v) is 4.04. The number of alkyl halides is 3. The second-order valence-electron chi connectivity index (χ2n) is 5.62. The van der Waals surface area contributed by atoms with Crippen LogP contribution in [0.2, 0.25) is 5.02 Å². The summed E-state index contributed by atoms with van der Waals surface area (Å²) in [7, 11) is 0. The molecular weight excluding hydrogens is 399 g/mol. The van der Waals surface area contributed by atoms with Crippen LogP contribution in [0.4, 0.5) is 13.2 Å². The Morgan fingerprint density at radius 3 is 2.46 bits per heavy atom. The van der Waals surface area contributed by atoms with Crippen LogP contribution < -0.4 is 10.6 Å². The molecule has 150 valence electrons. The molecule has 0 aliphatic heterocycles. The Morgan fingerprint density at radius 2 is 1.89 bits per heavy atom. The van der Waals surface area contributed by atoms with Gasteiger partial charge in [-0.2, -0.15) is 13.2 Å². The van der Waals surface area contributed by atoms with Crippen molar-refractivity contribution in [2.24, 2.45) is 0 Å². The van der Waals surface area contributed by atoms with Crippen molar-refractivity contribution in [2.45, 2.75) is 25.3 Å². The van der Waals surface area contributed by atoms with Crippen LogP contribution in [0, 0.1) is 0 Å². The summed E-state index contributed by atoms with van der Waals surface area (Å²) in [6, 6.07) is 8.58. The molecule has 6 nitrogen and oxygen atoms in total. The normalized spacial score (nSPS) is 13.5. The van der Waals surface area contributed by atoms with Crippen LogP contribution in [0.15, 0.2) is 48.8 Å². The summed E-state index contributed by atoms with van der Waals surface area (Å²) in [5, 5.41) is 3.74. The first kappa shape index (κ1) is 21.6. The van der Waals surface area contributed by atoms with E-state index in [1.165, 1.54) is 55.7 Å². The van der Waals surface area contributed by atoms with Crippen LogP contribution in [0.3, 0.4) is 0 Å². The first-order chi connectivity index (χ1) is 13.2. The van der Waals surface area contributed by atoms with E-state index >= 15 is 0 Å². The molecule has 0 bridgehead atoms. The highest BCUT2D eigenvalue weighted by atomic mass is 35.5. The van der Waals surface area contributed by atoms with Crippen LogP contribution in [-0.2, 0) is 16.1 Å². The third kappa shape index (κ3) is 4.79. The first-order valence-electron chi connectivity index (χ1n) is 8.16. The zero-order valence-electron chi connectivity index (χ0n) is 14.7. The van der Waals surface area contributed by atoms with E-state index in [9.17, 15) is 22.8 Å². The highest BCUT2D eigenvalue weighted by Crippen LogP contribution is 2.31. The molecule has 0 saturated carbocycles. The number of hydrogen-bond donors (Lipinski definition) is 2. The highest BCUT2D eigenvalue weighted by Gasteiger charge is 2.63. The van der Waals surface area contributed by atoms with E-state index < -0.39 is 30.3 Å². The minimum Gasteiger partial charge on any atom is -0.463 e. The Bertz CT molecular complexity index is 834. The minimum absolute atomic E-state index is 0.0628. The number of nitrogens with zero attached hydrogens (tertiary/aromatic N) is 1. The van der Waals surface area contributed by atoms with Crippen molar-refractivity contribution in [3.8, 4) is 0 Å². The lowest BCUT2D eigenvalue weighted by atomic mass is 10.1. The van der Waals surface area contributed by atoms with E-state index in [4.69, 9.17) is 11.6 Å². The Morgan fingerprint density at radius 1 is 1.18 bits per heavy atom. The number of nitrogens with one attached hydrogen (secondary N) is 2. The molecule has 2 N–H and O–H groups in total. The second kappa shape index (κ2) is 9.03. The van der Waals surface area contributed by atoms with Crippen molar-refractivity contribution in [3.05, 3.63) is 64.9 Å². The monoisotopic (exact) mass is 415 g/mol. The van der Waals surface area contributed by atoms with Gasteiger partial charge in [0.25, 0.3) is 11.6 Å². The van der Waals surface area contributed by atoms with Gasteiger partial charge in [-0.15, -0.1) is 0 Å². The van der Waals surface area contributed by atoms with Gasteiger partial charge in [-0.25, -0.2) is 4.79 Å². The van der Waals surface area contributed by atoms with Crippen LogP contribution >= 0.6 is 11.6 Å². The fraction of sp³-hybridized carbons (Fsp3) is 0.278. The van der Waals surface area contributed by atoms with Gasteiger partial charge < -0.3 is 10.1 Å². The number of benzene rings is 1. The number of pyridine rings is 1. The minimum atomic E-state index is -5.21. The molecule has 0 fully saturated rings. The number of halogens is 4. The van der Waals surface area contributed by atoms with E-state index in [1.54, 1.807) is 5.32 Å². The van der Waals surface area contributed by atoms with E-state index in [-0.39, 0.29) is 17.2 Å². The van der Waals surface area contributed by atoms with Crippen molar-refractivity contribution in [1.82, 2.24) is 15.6 Å². The Balaban J connectivity index is 2.42. The van der Waals surface area contributed by atoms with Gasteiger partial charge in [-0.05, 0) is 30.7 Å². The average Bonchev–Trinajstić information content (AvgIpc) is 2.65. The molecule has 0 aliphatic rings. The molecule has 2 aromatic rings. The van der Waals surface area contributed by atoms with Crippen LogP contribution in [0.1, 0.15) is 22.8 Å². The lowest BCUT2D eigenvalue weighted by molar-refractivity contribution is -0.219. The number of carbonyl (C=O) groups is 2. The first-order valence-corrected chi connectivity index (χ1v) is 8.54. The van der Waals surface area contributed by atoms with Gasteiger partial charge >= 0.3 is 12.1 Å². The molecule has 0 radical (unpaired) electrons. The Hall–Kier alpha value is -2.65. The smallest absolute Gasteiger partial charge is 0.436 e. The SMILES string of the molecule is CCOC(=O)[C@@](NCc1cccnc1)(NC(=O)c1ccccc1Cl)C(F)(F)F. The number of amides is 1. The molecule has 0 saturated heterocycles. The summed E-state index contributed by atoms with van der Waals surface area (Å²) >= 11 is 5.89. The standard InChI is InChI=1S/C18H17ClF3N3O3/c1-2-28-16(27)17(18(20,21)22,24-11-12-6-5-9-23-10-12)25-15(26)13-7-3-4-8-14(13)19/h3-10,24H,2,11H2,1H3,(H,25,26)/t17-/m1/s1. The summed E-state index contributed by atoms with van der Waals surface area (Å²) in [4.78, 5) is 28.6. The number of ether oxygens (including phenoxy) is 1. The van der Waals surface area contributed by atoms with Crippen LogP contribution in [0.5, 0.6) is 0 Å². The van der Waals surface area contributed by atoms with Crippen molar-refractivity contribution in [1.29, 1.82) is 0 Å². The Labute approximate surface area is 164 Å². The molecule has 2 rings (SSSR count). The molecule has 1 atom stereocenters. The van der Waals surface area contributed by atoms with Crippen LogP contribution in [0.25, 0.3) is 0 Å². The number of rotatable bonds is 7. The number of hydrogen-bond acceptors (Lipinski definition) is 5. The predicted octanol–water partition coefficient (Wildman–Crippen LogP) is 3.08. The molecule has 0 spiro atoms. The zero-order chi connectivity index (χ0) is 20.8. The topological polar surface area (TPSA) is 80.3 Å². The van der Waals surface area contributed by atoms with E-state index in [0.717, 1.165) is 0 Å². The predicted molar refractivity (Wildman–Crippen MR) is 95.4 cm³/mol. The van der Waals surface area contributed by atoms with Crippen molar-refractivity contribution >= 4 is 23.5 Å². The molecule has 0 aliphatic carbocycles. The number of aromatic nitrogens is 1. The second-order valence-corrected chi connectivity index (χ2v) is 6.02. The van der Waals surface area contributed by atoms with E-state index in [1.807, 2.05) is 0 Å². The maximum Gasteiger partial charge on any atom is 0.436 e. The summed E-state index contributed by atoms with van der Waals surface area (Å²) in [5.41, 5.74) is -3.33. The van der Waals surface area contributed by atoms with Gasteiger partial charge in [0.1, 0.15) is 0 Å². The summed E-state index contributed by atoms with van der Waals surface area (Å²) in [6.07, 6.45) is -2.43. The summed E-state index contributed by atoms with van der Waals surface area (Å²) in [5.74, 6) is -2.87. The van der Waals surface area contributed by atoms with Crippen molar-refractivity contribution in [2.75, 3.05) is 6.61 Å². The third-order valence-electron chi connectivity index (χ3n) is 3.71. The van der Waals surface area contributed by atoms with Gasteiger partial charge in [-0.3, -0.25) is 15.1 Å². The number of carbonyl (C=O) groups excluding carboxylic acids is 2. The van der Waals surface area contributed by atoms with Crippen molar-refractivity contribution in [3.63, 3.8) is 0 Å². The highest BCUT2D eigenvalue weighted by molar-refractivity contribution is 6.33. The van der Waals surface area contributed by atoms with Gasteiger partial charge in [0.2, 0.25) is 0 Å². The lowest BCUT2D eigenvalue weighted by Gasteiger charge is -2.35. The molecule has 0 unspecified atom stereocenters. The van der Waals surface area contributed by atoms with Gasteiger partial charge in [0.05, 0.1) is 17.2 Å². The molecule has 10 heteroatoms.